The van der Waals surface area contributed by atoms with Crippen molar-refractivity contribution in [2.45, 2.75) is 4.90 Å². The molecule has 0 aliphatic carbocycles. The Morgan fingerprint density at radius 1 is 0.973 bits per heavy atom. The van der Waals surface area contributed by atoms with Gasteiger partial charge >= 0.3 is 0 Å². The molecule has 0 saturated carbocycles. The van der Waals surface area contributed by atoms with Crippen molar-refractivity contribution in [1.82, 2.24) is 14.5 Å². The van der Waals surface area contributed by atoms with Gasteiger partial charge in [-0.05, 0) is 48.0 Å². The number of hydrogen-bond acceptors (Lipinski definition) is 7. The van der Waals surface area contributed by atoms with Crippen LogP contribution in [-0.4, -0.2) is 30.1 Å². The number of halogens is 1. The van der Waals surface area contributed by atoms with Crippen LogP contribution in [0.2, 0.25) is 5.02 Å². The van der Waals surface area contributed by atoms with Gasteiger partial charge in [0, 0.05) is 11.8 Å². The van der Waals surface area contributed by atoms with Crippen LogP contribution in [0, 0.1) is 0 Å². The number of para-hydroxylation sites is 2. The van der Waals surface area contributed by atoms with Gasteiger partial charge in [0.15, 0.2) is 0 Å². The molecule has 0 saturated heterocycles. The molecule has 5 rings (SSSR count). The highest BCUT2D eigenvalue weighted by atomic mass is 35.5. The van der Waals surface area contributed by atoms with Crippen molar-refractivity contribution < 1.29 is 13.2 Å². The highest BCUT2D eigenvalue weighted by Gasteiger charge is 2.23. The number of hydrogen-bond donors (Lipinski definition) is 2. The summed E-state index contributed by atoms with van der Waals surface area (Å²) < 4.78 is 35.5. The Kier molecular flexibility index (Phi) is 6.28. The first kappa shape index (κ1) is 24.3. The summed E-state index contributed by atoms with van der Waals surface area (Å²) in [5, 5.41) is 0.551. The van der Waals surface area contributed by atoms with Gasteiger partial charge < -0.3 is 10.5 Å². The third kappa shape index (κ3) is 4.59. The maximum Gasteiger partial charge on any atom is 0.267 e. The van der Waals surface area contributed by atoms with Crippen molar-refractivity contribution in [2.75, 3.05) is 17.6 Å². The molecular weight excluding hydrogens is 514 g/mol. The van der Waals surface area contributed by atoms with E-state index in [9.17, 15) is 13.2 Å². The van der Waals surface area contributed by atoms with E-state index >= 15 is 0 Å². The van der Waals surface area contributed by atoms with E-state index < -0.39 is 10.0 Å². The van der Waals surface area contributed by atoms with Gasteiger partial charge in [-0.2, -0.15) is 0 Å². The number of aromatic nitrogens is 3. The molecule has 0 spiro atoms. The molecule has 0 bridgehead atoms. The molecule has 2 aromatic heterocycles. The molecule has 3 aromatic carbocycles. The largest absolute Gasteiger partial charge is 0.480 e. The molecule has 0 amide bonds. The molecule has 186 valence electrons. The predicted octanol–water partition coefficient (Wildman–Crippen LogP) is 4.49. The Bertz CT molecular complexity index is 1810. The lowest BCUT2D eigenvalue weighted by molar-refractivity contribution is 0.385. The smallest absolute Gasteiger partial charge is 0.267 e. The molecule has 0 aliphatic heterocycles. The van der Waals surface area contributed by atoms with Gasteiger partial charge in [-0.15, -0.1) is 0 Å². The zero-order valence-electron chi connectivity index (χ0n) is 19.4. The molecular formula is C26H20ClN5O4S. The van der Waals surface area contributed by atoms with E-state index in [0.717, 1.165) is 0 Å². The summed E-state index contributed by atoms with van der Waals surface area (Å²) in [5.74, 6) is -0.0356. The number of ether oxygens (including phenoxy) is 1. The number of nitrogens with one attached hydrogen (secondary N) is 1. The van der Waals surface area contributed by atoms with Crippen LogP contribution in [0.25, 0.3) is 27.7 Å². The van der Waals surface area contributed by atoms with Gasteiger partial charge in [-0.3, -0.25) is 9.52 Å². The maximum absolute atomic E-state index is 13.4. The van der Waals surface area contributed by atoms with Gasteiger partial charge in [0.2, 0.25) is 11.8 Å². The van der Waals surface area contributed by atoms with Crippen LogP contribution in [-0.2, 0) is 10.0 Å². The Hall–Kier alpha value is -4.41. The molecule has 5 aromatic rings. The van der Waals surface area contributed by atoms with Crippen LogP contribution in [0.5, 0.6) is 5.88 Å². The molecule has 9 nitrogen and oxygen atoms in total. The number of nitrogen functional groups attached to an aromatic ring is 1. The maximum atomic E-state index is 13.4. The molecule has 37 heavy (non-hydrogen) atoms. The zero-order valence-corrected chi connectivity index (χ0v) is 21.0. The average Bonchev–Trinajstić information content (AvgIpc) is 2.90. The summed E-state index contributed by atoms with van der Waals surface area (Å²) >= 11 is 6.14. The second-order valence-corrected chi connectivity index (χ2v) is 10.1. The summed E-state index contributed by atoms with van der Waals surface area (Å²) in [5.41, 5.74) is 7.94. The molecule has 11 heteroatoms. The lowest BCUT2D eigenvalue weighted by atomic mass is 10.1. The Balaban J connectivity index is 1.63. The lowest BCUT2D eigenvalue weighted by Crippen LogP contribution is -2.23. The molecule has 0 fully saturated rings. The first-order valence-corrected chi connectivity index (χ1v) is 12.8. The first-order chi connectivity index (χ1) is 17.8. The number of nitrogens with two attached hydrogens (primary N) is 1. The molecule has 3 N–H and O–H groups in total. The third-order valence-corrected chi connectivity index (χ3v) is 7.35. The number of anilines is 2. The van der Waals surface area contributed by atoms with Gasteiger partial charge in [0.1, 0.15) is 4.90 Å². The van der Waals surface area contributed by atoms with E-state index in [2.05, 4.69) is 14.7 Å². The highest BCUT2D eigenvalue weighted by Crippen LogP contribution is 2.31. The van der Waals surface area contributed by atoms with Crippen LogP contribution < -0.4 is 20.8 Å². The van der Waals surface area contributed by atoms with Gasteiger partial charge in [0.25, 0.3) is 15.6 Å². The molecule has 0 aliphatic rings. The zero-order chi connectivity index (χ0) is 26.2. The molecule has 0 radical (unpaired) electrons. The number of methoxy groups -OCH3 is 1. The van der Waals surface area contributed by atoms with Crippen LogP contribution in [0.1, 0.15) is 0 Å². The normalized spacial score (nSPS) is 11.4. The SMILES string of the molecule is COc1ncc(-c2ccc3nc(N)n(-c4ccccc4)c(=O)c3c2)cc1S(=O)(=O)Nc1ccccc1Cl. The van der Waals surface area contributed by atoms with E-state index in [1.54, 1.807) is 66.7 Å². The van der Waals surface area contributed by atoms with Gasteiger partial charge in [-0.25, -0.2) is 23.0 Å². The van der Waals surface area contributed by atoms with Crippen LogP contribution in [0.15, 0.2) is 94.7 Å². The summed E-state index contributed by atoms with van der Waals surface area (Å²) in [6, 6.07) is 21.8. The Labute approximate surface area is 217 Å². The number of fused-ring (bicyclic) bond motifs is 1. The number of pyridine rings is 1. The Morgan fingerprint density at radius 2 is 1.70 bits per heavy atom. The fourth-order valence-electron chi connectivity index (χ4n) is 3.89. The fourth-order valence-corrected chi connectivity index (χ4v) is 5.35. The Morgan fingerprint density at radius 3 is 2.43 bits per heavy atom. The van der Waals surface area contributed by atoms with E-state index in [0.29, 0.717) is 27.7 Å². The topological polar surface area (TPSA) is 129 Å². The fraction of sp³-hybridized carbons (Fsp3) is 0.0385. The monoisotopic (exact) mass is 533 g/mol. The number of nitrogens with zero attached hydrogens (tertiary/aromatic N) is 3. The minimum absolute atomic E-state index is 0.0570. The van der Waals surface area contributed by atoms with E-state index in [1.807, 2.05) is 6.07 Å². The highest BCUT2D eigenvalue weighted by molar-refractivity contribution is 7.92. The molecule has 0 atom stereocenters. The van der Waals surface area contributed by atoms with Crippen LogP contribution in [0.3, 0.4) is 0 Å². The van der Waals surface area contributed by atoms with Crippen molar-refractivity contribution in [2.24, 2.45) is 0 Å². The predicted molar refractivity (Wildman–Crippen MR) is 144 cm³/mol. The number of sulfonamides is 1. The molecule has 2 heterocycles. The van der Waals surface area contributed by atoms with E-state index in [1.165, 1.54) is 23.9 Å². The standard InChI is InChI=1S/C26H20ClN5O4S/c1-36-24-23(37(34,35)31-22-10-6-5-9-20(22)27)14-17(15-29-24)16-11-12-21-19(13-16)25(33)32(26(28)30-21)18-7-3-2-4-8-18/h2-15,31H,1H3,(H2,28,30). The van der Waals surface area contributed by atoms with Crippen molar-refractivity contribution in [3.63, 3.8) is 0 Å². The summed E-state index contributed by atoms with van der Waals surface area (Å²) in [6.45, 7) is 0. The molecule has 0 unspecified atom stereocenters. The van der Waals surface area contributed by atoms with Crippen LogP contribution >= 0.6 is 11.6 Å². The van der Waals surface area contributed by atoms with E-state index in [4.69, 9.17) is 22.1 Å². The first-order valence-electron chi connectivity index (χ1n) is 11.0. The van der Waals surface area contributed by atoms with Crippen molar-refractivity contribution in [1.29, 1.82) is 0 Å². The van der Waals surface area contributed by atoms with Gasteiger partial charge in [-0.1, -0.05) is 48.0 Å². The quantitative estimate of drug-likeness (QED) is 0.329. The second-order valence-electron chi connectivity index (χ2n) is 7.99. The number of benzene rings is 3. The summed E-state index contributed by atoms with van der Waals surface area (Å²) in [7, 11) is -2.80. The lowest BCUT2D eigenvalue weighted by Gasteiger charge is -2.14. The van der Waals surface area contributed by atoms with Crippen molar-refractivity contribution in [3.05, 3.63) is 100 Å². The number of rotatable bonds is 6. The third-order valence-electron chi connectivity index (χ3n) is 5.66. The average molecular weight is 534 g/mol. The van der Waals surface area contributed by atoms with Crippen molar-refractivity contribution in [3.8, 4) is 22.7 Å². The van der Waals surface area contributed by atoms with E-state index in [-0.39, 0.29) is 33.0 Å². The minimum atomic E-state index is -4.12. The van der Waals surface area contributed by atoms with Gasteiger partial charge in [0.05, 0.1) is 34.4 Å². The second kappa shape index (κ2) is 9.57. The van der Waals surface area contributed by atoms with Crippen molar-refractivity contribution >= 4 is 44.2 Å². The summed E-state index contributed by atoms with van der Waals surface area (Å²) in [4.78, 5) is 21.8. The minimum Gasteiger partial charge on any atom is -0.480 e. The van der Waals surface area contributed by atoms with Crippen LogP contribution in [0.4, 0.5) is 11.6 Å². The summed E-state index contributed by atoms with van der Waals surface area (Å²) in [6.07, 6.45) is 1.47.